The minimum absolute atomic E-state index is 0.366. The Morgan fingerprint density at radius 2 is 2.16 bits per heavy atom. The third-order valence-electron chi connectivity index (χ3n) is 4.21. The summed E-state index contributed by atoms with van der Waals surface area (Å²) in [4.78, 5) is 10.4. The van der Waals surface area contributed by atoms with Gasteiger partial charge in [0.15, 0.2) is 0 Å². The number of aromatic amines is 1. The minimum Gasteiger partial charge on any atom is -0.399 e. The highest BCUT2D eigenvalue weighted by Gasteiger charge is 2.32. The molecule has 0 amide bonds. The van der Waals surface area contributed by atoms with Gasteiger partial charge in [-0.3, -0.25) is 0 Å². The number of benzene rings is 1. The van der Waals surface area contributed by atoms with Crippen LogP contribution in [0.5, 0.6) is 0 Å². The first-order valence-electron chi connectivity index (χ1n) is 6.94. The zero-order valence-corrected chi connectivity index (χ0v) is 11.9. The lowest BCUT2D eigenvalue weighted by molar-refractivity contribution is 0.263. The molecule has 2 aromatic rings. The maximum Gasteiger partial charge on any atom is 0.203 e. The summed E-state index contributed by atoms with van der Waals surface area (Å²) in [5, 5.41) is 0. The van der Waals surface area contributed by atoms with Crippen LogP contribution in [0.2, 0.25) is 0 Å². The first kappa shape index (κ1) is 12.3. The molecule has 1 aliphatic heterocycles. The van der Waals surface area contributed by atoms with Crippen LogP contribution in [0.3, 0.4) is 0 Å². The SMILES string of the molecule is CC(C)(C)C1CCN(c2nc3ccc(N)cc3[nH]2)C1. The molecule has 1 saturated heterocycles. The summed E-state index contributed by atoms with van der Waals surface area (Å²) in [7, 11) is 0. The molecule has 3 rings (SSSR count). The monoisotopic (exact) mass is 258 g/mol. The van der Waals surface area contributed by atoms with Crippen LogP contribution in [0.4, 0.5) is 11.6 Å². The van der Waals surface area contributed by atoms with Crippen LogP contribution >= 0.6 is 0 Å². The van der Waals surface area contributed by atoms with Gasteiger partial charge in [-0.05, 0) is 36.0 Å². The molecule has 1 aliphatic rings. The van der Waals surface area contributed by atoms with Crippen molar-refractivity contribution in [1.29, 1.82) is 0 Å². The van der Waals surface area contributed by atoms with Crippen molar-refractivity contribution in [3.8, 4) is 0 Å². The fourth-order valence-corrected chi connectivity index (χ4v) is 2.82. The molecule has 3 N–H and O–H groups in total. The Morgan fingerprint density at radius 1 is 1.37 bits per heavy atom. The van der Waals surface area contributed by atoms with E-state index in [0.717, 1.165) is 41.7 Å². The second kappa shape index (κ2) is 4.15. The van der Waals surface area contributed by atoms with Crippen molar-refractivity contribution in [1.82, 2.24) is 9.97 Å². The lowest BCUT2D eigenvalue weighted by Gasteiger charge is -2.26. The molecule has 102 valence electrons. The second-order valence-corrected chi connectivity index (χ2v) is 6.63. The van der Waals surface area contributed by atoms with E-state index < -0.39 is 0 Å². The number of imidazole rings is 1. The van der Waals surface area contributed by atoms with Crippen molar-refractivity contribution in [3.63, 3.8) is 0 Å². The van der Waals surface area contributed by atoms with E-state index in [2.05, 4.69) is 35.6 Å². The minimum atomic E-state index is 0.366. The van der Waals surface area contributed by atoms with Gasteiger partial charge in [0.05, 0.1) is 11.0 Å². The summed E-state index contributed by atoms with van der Waals surface area (Å²) >= 11 is 0. The average molecular weight is 258 g/mol. The van der Waals surface area contributed by atoms with Crippen molar-refractivity contribution in [2.24, 2.45) is 11.3 Å². The number of nitrogens with two attached hydrogens (primary N) is 1. The van der Waals surface area contributed by atoms with Gasteiger partial charge in [0.1, 0.15) is 0 Å². The van der Waals surface area contributed by atoms with Gasteiger partial charge in [-0.2, -0.15) is 0 Å². The molecule has 1 aromatic carbocycles. The second-order valence-electron chi connectivity index (χ2n) is 6.63. The molecule has 1 aromatic heterocycles. The third kappa shape index (κ3) is 2.27. The number of H-pyrrole nitrogens is 1. The molecule has 1 atom stereocenters. The van der Waals surface area contributed by atoms with Gasteiger partial charge in [0.2, 0.25) is 5.95 Å². The number of nitrogens with one attached hydrogen (secondary N) is 1. The lowest BCUT2D eigenvalue weighted by atomic mass is 9.80. The van der Waals surface area contributed by atoms with Crippen LogP contribution < -0.4 is 10.6 Å². The van der Waals surface area contributed by atoms with E-state index in [4.69, 9.17) is 5.73 Å². The number of anilines is 2. The highest BCUT2D eigenvalue weighted by atomic mass is 15.3. The fourth-order valence-electron chi connectivity index (χ4n) is 2.82. The third-order valence-corrected chi connectivity index (χ3v) is 4.21. The van der Waals surface area contributed by atoms with Gasteiger partial charge in [-0.25, -0.2) is 4.98 Å². The molecule has 0 bridgehead atoms. The van der Waals surface area contributed by atoms with E-state index in [1.165, 1.54) is 6.42 Å². The van der Waals surface area contributed by atoms with Gasteiger partial charge in [-0.15, -0.1) is 0 Å². The summed E-state index contributed by atoms with van der Waals surface area (Å²) in [6, 6.07) is 5.82. The van der Waals surface area contributed by atoms with Crippen molar-refractivity contribution >= 4 is 22.7 Å². The molecule has 0 saturated carbocycles. The Balaban J connectivity index is 1.86. The standard InChI is InChI=1S/C15H22N4/c1-15(2,3)10-6-7-19(9-10)14-17-12-5-4-11(16)8-13(12)18-14/h4-5,8,10H,6-7,9,16H2,1-3H3,(H,17,18). The number of aromatic nitrogens is 2. The Bertz CT molecular complexity index is 594. The highest BCUT2D eigenvalue weighted by molar-refractivity contribution is 5.80. The van der Waals surface area contributed by atoms with E-state index in [1.807, 2.05) is 18.2 Å². The quantitative estimate of drug-likeness (QED) is 0.773. The summed E-state index contributed by atoms with van der Waals surface area (Å²) in [5.41, 5.74) is 8.96. The molecular weight excluding hydrogens is 236 g/mol. The van der Waals surface area contributed by atoms with Gasteiger partial charge in [0.25, 0.3) is 0 Å². The zero-order chi connectivity index (χ0) is 13.6. The number of rotatable bonds is 1. The lowest BCUT2D eigenvalue weighted by Crippen LogP contribution is -2.26. The predicted octanol–water partition coefficient (Wildman–Crippen LogP) is 3.02. The summed E-state index contributed by atoms with van der Waals surface area (Å²) in [5.74, 6) is 1.71. The molecule has 1 fully saturated rings. The van der Waals surface area contributed by atoms with Gasteiger partial charge in [0, 0.05) is 18.8 Å². The molecule has 4 heteroatoms. The summed E-state index contributed by atoms with van der Waals surface area (Å²) in [6.07, 6.45) is 1.24. The van der Waals surface area contributed by atoms with Crippen LogP contribution in [0.25, 0.3) is 11.0 Å². The number of hydrogen-bond acceptors (Lipinski definition) is 3. The molecule has 4 nitrogen and oxygen atoms in total. The summed E-state index contributed by atoms with van der Waals surface area (Å²) in [6.45, 7) is 9.12. The van der Waals surface area contributed by atoms with E-state index in [-0.39, 0.29) is 0 Å². The smallest absolute Gasteiger partial charge is 0.203 e. The van der Waals surface area contributed by atoms with Gasteiger partial charge < -0.3 is 15.6 Å². The molecule has 2 heterocycles. The van der Waals surface area contributed by atoms with Crippen LogP contribution in [-0.2, 0) is 0 Å². The van der Waals surface area contributed by atoms with Crippen molar-refractivity contribution in [2.75, 3.05) is 23.7 Å². The zero-order valence-electron chi connectivity index (χ0n) is 11.9. The Hall–Kier alpha value is -1.71. The fraction of sp³-hybridized carbons (Fsp3) is 0.533. The molecule has 19 heavy (non-hydrogen) atoms. The Kier molecular flexibility index (Phi) is 2.69. The van der Waals surface area contributed by atoms with Crippen molar-refractivity contribution in [3.05, 3.63) is 18.2 Å². The van der Waals surface area contributed by atoms with E-state index in [1.54, 1.807) is 0 Å². The first-order chi connectivity index (χ1) is 8.93. The largest absolute Gasteiger partial charge is 0.399 e. The van der Waals surface area contributed by atoms with Gasteiger partial charge in [-0.1, -0.05) is 20.8 Å². The van der Waals surface area contributed by atoms with Crippen LogP contribution in [0.1, 0.15) is 27.2 Å². The Morgan fingerprint density at radius 3 is 2.84 bits per heavy atom. The highest BCUT2D eigenvalue weighted by Crippen LogP contribution is 2.35. The van der Waals surface area contributed by atoms with Gasteiger partial charge >= 0.3 is 0 Å². The first-order valence-corrected chi connectivity index (χ1v) is 6.94. The molecule has 0 aliphatic carbocycles. The average Bonchev–Trinajstić information content (AvgIpc) is 2.92. The van der Waals surface area contributed by atoms with Crippen LogP contribution in [-0.4, -0.2) is 23.1 Å². The molecule has 1 unspecified atom stereocenters. The Labute approximate surface area is 114 Å². The molecular formula is C15H22N4. The predicted molar refractivity (Wildman–Crippen MR) is 80.3 cm³/mol. The maximum atomic E-state index is 5.80. The summed E-state index contributed by atoms with van der Waals surface area (Å²) < 4.78 is 0. The molecule has 0 spiro atoms. The van der Waals surface area contributed by atoms with E-state index in [9.17, 15) is 0 Å². The van der Waals surface area contributed by atoms with Crippen molar-refractivity contribution in [2.45, 2.75) is 27.2 Å². The van der Waals surface area contributed by atoms with E-state index >= 15 is 0 Å². The van der Waals surface area contributed by atoms with Crippen LogP contribution in [0, 0.1) is 11.3 Å². The van der Waals surface area contributed by atoms with Crippen molar-refractivity contribution < 1.29 is 0 Å². The number of nitrogen functional groups attached to an aromatic ring is 1. The number of nitrogens with zero attached hydrogens (tertiary/aromatic N) is 2. The van der Waals surface area contributed by atoms with E-state index in [0.29, 0.717) is 5.41 Å². The normalized spacial score (nSPS) is 20.4. The van der Waals surface area contributed by atoms with Crippen LogP contribution in [0.15, 0.2) is 18.2 Å². The molecule has 0 radical (unpaired) electrons. The number of fused-ring (bicyclic) bond motifs is 1. The maximum absolute atomic E-state index is 5.80. The topological polar surface area (TPSA) is 57.9 Å². The number of hydrogen-bond donors (Lipinski definition) is 2.